The van der Waals surface area contributed by atoms with E-state index in [9.17, 15) is 10.2 Å². The summed E-state index contributed by atoms with van der Waals surface area (Å²) in [6, 6.07) is 12.4. The Bertz CT molecular complexity index is 1020. The van der Waals surface area contributed by atoms with Gasteiger partial charge in [0.05, 0.1) is 0 Å². The average Bonchev–Trinajstić information content (AvgIpc) is 3.64. The van der Waals surface area contributed by atoms with Crippen LogP contribution in [0.3, 0.4) is 0 Å². The first-order valence-electron chi connectivity index (χ1n) is 17.5. The van der Waals surface area contributed by atoms with Gasteiger partial charge >= 0.3 is 17.1 Å². The predicted molar refractivity (Wildman–Crippen MR) is 193 cm³/mol. The van der Waals surface area contributed by atoms with Crippen LogP contribution in [0.1, 0.15) is 142 Å². The third-order valence-electron chi connectivity index (χ3n) is 9.14. The second-order valence-corrected chi connectivity index (χ2v) is 17.8. The zero-order valence-electron chi connectivity index (χ0n) is 33.1. The second kappa shape index (κ2) is 18.2. The van der Waals surface area contributed by atoms with Gasteiger partial charge in [-0.2, -0.15) is 0 Å². The molecule has 5 heteroatoms. The molecule has 0 unspecified atom stereocenters. The Hall–Kier alpha value is -1.20. The standard InChI is InChI=1S/2C17H27O.2C4H8O.Fe/c2*1-12-9-13(2)11-14(10-12)17(18,15(3,4)5)16(6,7)8;2*1-2-4-5-3-1;/h2*9-11H,1-8H3;2*1-4H2;/q2*-1;;;+2. The molecule has 270 valence electrons. The molecule has 0 amide bonds. The van der Waals surface area contributed by atoms with E-state index in [1.807, 2.05) is 83.1 Å². The van der Waals surface area contributed by atoms with Crippen molar-refractivity contribution in [1.29, 1.82) is 0 Å². The molecular formula is C42H70FeO4. The predicted octanol–water partition coefficient (Wildman–Crippen LogP) is 9.49. The van der Waals surface area contributed by atoms with Gasteiger partial charge in [0, 0.05) is 26.4 Å². The van der Waals surface area contributed by atoms with E-state index in [1.54, 1.807) is 0 Å². The van der Waals surface area contributed by atoms with Crippen LogP contribution < -0.4 is 10.2 Å². The Morgan fingerprint density at radius 2 is 0.596 bits per heavy atom. The first-order chi connectivity index (χ1) is 20.8. The van der Waals surface area contributed by atoms with Gasteiger partial charge in [0.2, 0.25) is 0 Å². The number of rotatable bonds is 2. The van der Waals surface area contributed by atoms with Crippen molar-refractivity contribution in [3.8, 4) is 0 Å². The zero-order valence-corrected chi connectivity index (χ0v) is 34.2. The van der Waals surface area contributed by atoms with Crippen molar-refractivity contribution in [2.24, 2.45) is 21.7 Å². The fourth-order valence-electron chi connectivity index (χ4n) is 7.36. The minimum atomic E-state index is -1.10. The normalized spacial score (nSPS) is 15.7. The molecule has 2 aliphatic rings. The van der Waals surface area contributed by atoms with E-state index in [1.165, 1.54) is 47.9 Å². The minimum absolute atomic E-state index is 0. The molecule has 2 aromatic carbocycles. The number of ether oxygens (including phenoxy) is 2. The van der Waals surface area contributed by atoms with E-state index in [0.717, 1.165) is 37.6 Å². The van der Waals surface area contributed by atoms with E-state index in [2.05, 4.69) is 64.1 Å². The fourth-order valence-corrected chi connectivity index (χ4v) is 7.36. The molecular weight excluding hydrogens is 624 g/mol. The van der Waals surface area contributed by atoms with E-state index in [0.29, 0.717) is 0 Å². The second-order valence-electron chi connectivity index (χ2n) is 17.8. The number of benzene rings is 2. The molecule has 0 spiro atoms. The van der Waals surface area contributed by atoms with Crippen LogP contribution in [-0.2, 0) is 37.7 Å². The molecule has 0 saturated carbocycles. The monoisotopic (exact) mass is 694 g/mol. The van der Waals surface area contributed by atoms with E-state index < -0.39 is 11.2 Å². The van der Waals surface area contributed by atoms with Crippen LogP contribution in [0.5, 0.6) is 0 Å². The molecule has 2 aromatic rings. The summed E-state index contributed by atoms with van der Waals surface area (Å²) in [5, 5.41) is 27.3. The molecule has 2 saturated heterocycles. The van der Waals surface area contributed by atoms with Crippen LogP contribution in [0.25, 0.3) is 0 Å². The summed E-state index contributed by atoms with van der Waals surface area (Å²) in [5.41, 5.74) is 2.98. The Morgan fingerprint density at radius 3 is 0.723 bits per heavy atom. The van der Waals surface area contributed by atoms with Crippen molar-refractivity contribution in [3.63, 3.8) is 0 Å². The third-order valence-corrected chi connectivity index (χ3v) is 9.14. The summed E-state index contributed by atoms with van der Waals surface area (Å²) in [5.74, 6) is 0. The van der Waals surface area contributed by atoms with Crippen molar-refractivity contribution >= 4 is 0 Å². The maximum atomic E-state index is 13.7. The van der Waals surface area contributed by atoms with Gasteiger partial charge in [0.25, 0.3) is 0 Å². The Labute approximate surface area is 301 Å². The molecule has 2 aliphatic heterocycles. The van der Waals surface area contributed by atoms with Crippen LogP contribution in [-0.4, -0.2) is 26.4 Å². The van der Waals surface area contributed by atoms with Crippen molar-refractivity contribution in [3.05, 3.63) is 69.8 Å². The number of aryl methyl sites for hydroxylation is 4. The summed E-state index contributed by atoms with van der Waals surface area (Å²) in [7, 11) is 0. The maximum Gasteiger partial charge on any atom is 2.00 e. The number of hydrogen-bond donors (Lipinski definition) is 0. The first kappa shape index (κ1) is 45.8. The molecule has 4 rings (SSSR count). The van der Waals surface area contributed by atoms with Crippen molar-refractivity contribution in [2.75, 3.05) is 26.4 Å². The van der Waals surface area contributed by atoms with Crippen LogP contribution in [0, 0.1) is 49.4 Å². The summed E-state index contributed by atoms with van der Waals surface area (Å²) in [6.07, 6.45) is 5.11. The van der Waals surface area contributed by atoms with Gasteiger partial charge < -0.3 is 19.7 Å². The van der Waals surface area contributed by atoms with Gasteiger partial charge in [-0.1, -0.05) is 164 Å². The first-order valence-corrected chi connectivity index (χ1v) is 17.5. The van der Waals surface area contributed by atoms with E-state index in [4.69, 9.17) is 9.47 Å². The summed E-state index contributed by atoms with van der Waals surface area (Å²) < 4.78 is 9.89. The molecule has 4 nitrogen and oxygen atoms in total. The number of hydrogen-bond acceptors (Lipinski definition) is 4. The average molecular weight is 695 g/mol. The van der Waals surface area contributed by atoms with Crippen molar-refractivity contribution in [1.82, 2.24) is 0 Å². The molecule has 0 aliphatic carbocycles. The quantitative estimate of drug-likeness (QED) is 0.294. The van der Waals surface area contributed by atoms with Gasteiger partial charge in [-0.05, 0) is 75.0 Å². The van der Waals surface area contributed by atoms with Gasteiger partial charge in [0.15, 0.2) is 0 Å². The summed E-state index contributed by atoms with van der Waals surface area (Å²) in [6.45, 7) is 36.8. The molecule has 2 heterocycles. The minimum Gasteiger partial charge on any atom is -0.845 e. The molecule has 0 aromatic heterocycles. The van der Waals surface area contributed by atoms with Crippen LogP contribution >= 0.6 is 0 Å². The van der Waals surface area contributed by atoms with Gasteiger partial charge in [-0.3, -0.25) is 0 Å². The van der Waals surface area contributed by atoms with Crippen molar-refractivity contribution in [2.45, 2.75) is 148 Å². The Morgan fingerprint density at radius 1 is 0.404 bits per heavy atom. The molecule has 0 bridgehead atoms. The smallest absolute Gasteiger partial charge is 0.845 e. The van der Waals surface area contributed by atoms with Gasteiger partial charge in [0.1, 0.15) is 0 Å². The summed E-state index contributed by atoms with van der Waals surface area (Å²) in [4.78, 5) is 0. The van der Waals surface area contributed by atoms with E-state index in [-0.39, 0.29) is 38.7 Å². The fraction of sp³-hybridized carbons (Fsp3) is 0.714. The third kappa shape index (κ3) is 12.6. The maximum absolute atomic E-state index is 13.7. The largest absolute Gasteiger partial charge is 2.00 e. The zero-order chi connectivity index (χ0) is 35.8. The molecule has 0 radical (unpaired) electrons. The van der Waals surface area contributed by atoms with E-state index >= 15 is 0 Å². The summed E-state index contributed by atoms with van der Waals surface area (Å²) >= 11 is 0. The molecule has 0 atom stereocenters. The van der Waals surface area contributed by atoms with Crippen LogP contribution in [0.15, 0.2) is 36.4 Å². The molecule has 0 N–H and O–H groups in total. The van der Waals surface area contributed by atoms with Crippen LogP contribution in [0.4, 0.5) is 0 Å². The Kier molecular flexibility index (Phi) is 17.7. The van der Waals surface area contributed by atoms with Gasteiger partial charge in [-0.15, -0.1) is 0 Å². The molecule has 2 fully saturated rings. The van der Waals surface area contributed by atoms with Crippen molar-refractivity contribution < 1.29 is 36.8 Å². The molecule has 47 heavy (non-hydrogen) atoms. The Balaban J connectivity index is 0.000000681. The van der Waals surface area contributed by atoms with Gasteiger partial charge in [-0.25, -0.2) is 0 Å². The SMILES string of the molecule is C1CCOC1.C1CCOC1.Cc1cc(C)cc(C([O-])(C(C)(C)C)C(C)(C)C)c1.Cc1cc(C)cc(C([O-])(C(C)(C)C)C(C)(C)C)c1.[Fe+2]. The topological polar surface area (TPSA) is 64.6 Å². The van der Waals surface area contributed by atoms with Crippen LogP contribution in [0.2, 0.25) is 0 Å².